The van der Waals surface area contributed by atoms with Crippen LogP contribution < -0.4 is 16.4 Å². The first-order chi connectivity index (χ1) is 7.52. The van der Waals surface area contributed by atoms with Crippen LogP contribution in [0.15, 0.2) is 18.3 Å². The van der Waals surface area contributed by atoms with Crippen molar-refractivity contribution in [1.29, 1.82) is 0 Å². The second kappa shape index (κ2) is 5.46. The van der Waals surface area contributed by atoms with Crippen LogP contribution in [0.3, 0.4) is 0 Å². The molecule has 0 fully saturated rings. The number of carbonyl (C=O) groups excluding carboxylic acids is 1. The van der Waals surface area contributed by atoms with Gasteiger partial charge in [-0.2, -0.15) is 0 Å². The van der Waals surface area contributed by atoms with Gasteiger partial charge < -0.3 is 16.4 Å². The van der Waals surface area contributed by atoms with Gasteiger partial charge in [0.05, 0.1) is 5.56 Å². The molecule has 5 heteroatoms. The van der Waals surface area contributed by atoms with E-state index in [1.807, 2.05) is 18.9 Å². The highest BCUT2D eigenvalue weighted by atomic mass is 16.1. The van der Waals surface area contributed by atoms with Crippen LogP contribution in [0.25, 0.3) is 0 Å². The summed E-state index contributed by atoms with van der Waals surface area (Å²) in [5, 5.41) is 0. The van der Waals surface area contributed by atoms with Gasteiger partial charge in [-0.1, -0.05) is 0 Å². The molecular formula is C11H18N4O. The summed E-state index contributed by atoms with van der Waals surface area (Å²) in [6.07, 6.45) is 2.48. The lowest BCUT2D eigenvalue weighted by Gasteiger charge is -2.20. The fraction of sp³-hybridized carbons (Fsp3) is 0.455. The van der Waals surface area contributed by atoms with E-state index in [1.165, 1.54) is 0 Å². The molecule has 1 atom stereocenters. The molecule has 1 aromatic heterocycles. The molecule has 0 bridgehead atoms. The maximum atomic E-state index is 11.2. The second-order valence-corrected chi connectivity index (χ2v) is 3.93. The number of hydrogen-bond acceptors (Lipinski definition) is 4. The largest absolute Gasteiger partial charge is 0.365 e. The van der Waals surface area contributed by atoms with E-state index < -0.39 is 5.91 Å². The molecule has 4 N–H and O–H groups in total. The molecule has 0 saturated carbocycles. The summed E-state index contributed by atoms with van der Waals surface area (Å²) in [4.78, 5) is 17.2. The second-order valence-electron chi connectivity index (χ2n) is 3.93. The maximum Gasteiger partial charge on any atom is 0.252 e. The summed E-state index contributed by atoms with van der Waals surface area (Å²) in [5.74, 6) is 0.145. The molecule has 1 unspecified atom stereocenters. The summed E-state index contributed by atoms with van der Waals surface area (Å²) in [6, 6.07) is 3.50. The molecule has 0 spiro atoms. The van der Waals surface area contributed by atoms with Crippen LogP contribution in [0.5, 0.6) is 0 Å². The maximum absolute atomic E-state index is 11.2. The van der Waals surface area contributed by atoms with Crippen LogP contribution in [0.2, 0.25) is 0 Å². The molecule has 0 aromatic carbocycles. The molecule has 0 aliphatic heterocycles. The Bertz CT molecular complexity index is 365. The van der Waals surface area contributed by atoms with Gasteiger partial charge in [0.15, 0.2) is 0 Å². The minimum atomic E-state index is -0.462. The molecule has 88 valence electrons. The Morgan fingerprint density at radius 1 is 1.62 bits per heavy atom. The van der Waals surface area contributed by atoms with Gasteiger partial charge in [-0.25, -0.2) is 4.98 Å². The van der Waals surface area contributed by atoms with E-state index >= 15 is 0 Å². The number of nitrogens with zero attached hydrogens (tertiary/aromatic N) is 2. The Hall–Kier alpha value is -1.62. The SMILES string of the molecule is CC(N)CCN(C)c1ncccc1C(N)=O. The number of nitrogens with two attached hydrogens (primary N) is 2. The molecular weight excluding hydrogens is 204 g/mol. The third-order valence-corrected chi connectivity index (χ3v) is 2.33. The molecule has 1 aromatic rings. The van der Waals surface area contributed by atoms with Crippen molar-refractivity contribution >= 4 is 11.7 Å². The normalized spacial score (nSPS) is 12.2. The predicted molar refractivity (Wildman–Crippen MR) is 64.3 cm³/mol. The van der Waals surface area contributed by atoms with Crippen LogP contribution in [-0.4, -0.2) is 30.5 Å². The molecule has 1 amide bonds. The van der Waals surface area contributed by atoms with Crippen LogP contribution in [0.4, 0.5) is 5.82 Å². The van der Waals surface area contributed by atoms with Crippen LogP contribution in [-0.2, 0) is 0 Å². The monoisotopic (exact) mass is 222 g/mol. The highest BCUT2D eigenvalue weighted by molar-refractivity contribution is 5.97. The number of primary amides is 1. The fourth-order valence-electron chi connectivity index (χ4n) is 1.40. The lowest BCUT2D eigenvalue weighted by atomic mass is 10.2. The van der Waals surface area contributed by atoms with Crippen molar-refractivity contribution in [1.82, 2.24) is 4.98 Å². The lowest BCUT2D eigenvalue weighted by molar-refractivity contribution is 0.100. The highest BCUT2D eigenvalue weighted by Gasteiger charge is 2.12. The summed E-state index contributed by atoms with van der Waals surface area (Å²) in [5.41, 5.74) is 11.4. The molecule has 0 aliphatic carbocycles. The first-order valence-electron chi connectivity index (χ1n) is 5.24. The van der Waals surface area contributed by atoms with Gasteiger partial charge in [0.25, 0.3) is 5.91 Å². The molecule has 16 heavy (non-hydrogen) atoms. The predicted octanol–water partition coefficient (Wildman–Crippen LogP) is 0.354. The van der Waals surface area contributed by atoms with Crippen molar-refractivity contribution in [2.24, 2.45) is 11.5 Å². The average molecular weight is 222 g/mol. The number of anilines is 1. The molecule has 0 saturated heterocycles. The highest BCUT2D eigenvalue weighted by Crippen LogP contribution is 2.15. The van der Waals surface area contributed by atoms with E-state index in [2.05, 4.69) is 4.98 Å². The van der Waals surface area contributed by atoms with Crippen LogP contribution in [0, 0.1) is 0 Å². The first kappa shape index (κ1) is 12.4. The summed E-state index contributed by atoms with van der Waals surface area (Å²) in [7, 11) is 1.87. The Morgan fingerprint density at radius 3 is 2.88 bits per heavy atom. The third-order valence-electron chi connectivity index (χ3n) is 2.33. The van der Waals surface area contributed by atoms with E-state index in [4.69, 9.17) is 11.5 Å². The van der Waals surface area contributed by atoms with Gasteiger partial charge in [0.1, 0.15) is 5.82 Å². The topological polar surface area (TPSA) is 85.2 Å². The van der Waals surface area contributed by atoms with Gasteiger partial charge in [-0.15, -0.1) is 0 Å². The minimum absolute atomic E-state index is 0.128. The number of aromatic nitrogens is 1. The van der Waals surface area contributed by atoms with Gasteiger partial charge in [-0.05, 0) is 25.5 Å². The Morgan fingerprint density at radius 2 is 2.31 bits per heavy atom. The number of hydrogen-bond donors (Lipinski definition) is 2. The molecule has 0 aliphatic rings. The smallest absolute Gasteiger partial charge is 0.252 e. The van der Waals surface area contributed by atoms with Crippen LogP contribution in [0.1, 0.15) is 23.7 Å². The molecule has 1 heterocycles. The van der Waals surface area contributed by atoms with Crippen molar-refractivity contribution in [3.05, 3.63) is 23.9 Å². The first-order valence-corrected chi connectivity index (χ1v) is 5.24. The Kier molecular flexibility index (Phi) is 4.25. The zero-order valence-corrected chi connectivity index (χ0v) is 9.68. The third kappa shape index (κ3) is 3.20. The number of carbonyl (C=O) groups is 1. The Balaban J connectivity index is 2.82. The Labute approximate surface area is 95.4 Å². The van der Waals surface area contributed by atoms with Gasteiger partial charge in [0, 0.05) is 25.8 Å². The zero-order valence-electron chi connectivity index (χ0n) is 9.68. The van der Waals surface area contributed by atoms with E-state index in [0.717, 1.165) is 13.0 Å². The number of rotatable bonds is 5. The minimum Gasteiger partial charge on any atom is -0.365 e. The van der Waals surface area contributed by atoms with E-state index in [0.29, 0.717) is 11.4 Å². The number of pyridine rings is 1. The zero-order chi connectivity index (χ0) is 12.1. The van der Waals surface area contributed by atoms with Gasteiger partial charge >= 0.3 is 0 Å². The fourth-order valence-corrected chi connectivity index (χ4v) is 1.40. The molecule has 5 nitrogen and oxygen atoms in total. The van der Waals surface area contributed by atoms with Gasteiger partial charge in [0.2, 0.25) is 0 Å². The van der Waals surface area contributed by atoms with Crippen molar-refractivity contribution in [2.45, 2.75) is 19.4 Å². The van der Waals surface area contributed by atoms with Crippen molar-refractivity contribution in [3.63, 3.8) is 0 Å². The van der Waals surface area contributed by atoms with E-state index in [-0.39, 0.29) is 6.04 Å². The van der Waals surface area contributed by atoms with Gasteiger partial charge in [-0.3, -0.25) is 4.79 Å². The number of amides is 1. The summed E-state index contributed by atoms with van der Waals surface area (Å²) < 4.78 is 0. The van der Waals surface area contributed by atoms with Crippen molar-refractivity contribution in [2.75, 3.05) is 18.5 Å². The average Bonchev–Trinajstić information content (AvgIpc) is 2.25. The van der Waals surface area contributed by atoms with Crippen molar-refractivity contribution < 1.29 is 4.79 Å². The summed E-state index contributed by atoms with van der Waals surface area (Å²) >= 11 is 0. The van der Waals surface area contributed by atoms with E-state index in [1.54, 1.807) is 18.3 Å². The van der Waals surface area contributed by atoms with Crippen molar-refractivity contribution in [3.8, 4) is 0 Å². The lowest BCUT2D eigenvalue weighted by Crippen LogP contribution is -2.28. The van der Waals surface area contributed by atoms with Crippen LogP contribution >= 0.6 is 0 Å². The van der Waals surface area contributed by atoms with E-state index in [9.17, 15) is 4.79 Å². The molecule has 1 rings (SSSR count). The molecule has 0 radical (unpaired) electrons. The quantitative estimate of drug-likeness (QED) is 0.753. The standard InChI is InChI=1S/C11H18N4O/c1-8(12)5-7-15(2)11-9(10(13)16)4-3-6-14-11/h3-4,6,8H,5,7,12H2,1-2H3,(H2,13,16). The summed E-state index contributed by atoms with van der Waals surface area (Å²) in [6.45, 7) is 2.69.